The van der Waals surface area contributed by atoms with Crippen LogP contribution in [0.1, 0.15) is 21.5 Å². The molecule has 2 aromatic carbocycles. The molecule has 0 saturated heterocycles. The number of halogens is 2. The van der Waals surface area contributed by atoms with E-state index in [4.69, 9.17) is 5.26 Å². The number of fused-ring (bicyclic) bond motifs is 1. The molecule has 0 saturated carbocycles. The van der Waals surface area contributed by atoms with E-state index in [1.807, 2.05) is 6.07 Å². The maximum atomic E-state index is 13.2. The molecule has 0 bridgehead atoms. The first-order chi connectivity index (χ1) is 10.1. The molecule has 102 valence electrons. The van der Waals surface area contributed by atoms with Crippen LogP contribution in [0, 0.1) is 23.0 Å². The number of carbonyl (C=O) groups is 1. The third-order valence-corrected chi connectivity index (χ3v) is 3.24. The fourth-order valence-corrected chi connectivity index (χ4v) is 2.17. The summed E-state index contributed by atoms with van der Waals surface area (Å²) in [4.78, 5) is 15.3. The normalized spacial score (nSPS) is 10.5. The minimum Gasteiger partial charge on any atom is -0.360 e. The Kier molecular flexibility index (Phi) is 2.99. The third kappa shape index (κ3) is 2.17. The fourth-order valence-electron chi connectivity index (χ4n) is 2.17. The Morgan fingerprint density at radius 1 is 1.10 bits per heavy atom. The van der Waals surface area contributed by atoms with E-state index in [0.717, 1.165) is 12.1 Å². The molecule has 1 N–H and O–H groups in total. The highest BCUT2D eigenvalue weighted by atomic mass is 19.2. The summed E-state index contributed by atoms with van der Waals surface area (Å²) in [6.07, 6.45) is 1.50. The Balaban J connectivity index is 2.13. The zero-order chi connectivity index (χ0) is 15.0. The van der Waals surface area contributed by atoms with E-state index in [0.29, 0.717) is 22.0 Å². The maximum absolute atomic E-state index is 13.2. The van der Waals surface area contributed by atoms with Crippen LogP contribution in [0.15, 0.2) is 42.6 Å². The first-order valence-electron chi connectivity index (χ1n) is 6.11. The van der Waals surface area contributed by atoms with Gasteiger partial charge in [0.15, 0.2) is 17.4 Å². The van der Waals surface area contributed by atoms with Gasteiger partial charge in [-0.3, -0.25) is 4.79 Å². The zero-order valence-corrected chi connectivity index (χ0v) is 10.7. The minimum atomic E-state index is -1.07. The minimum absolute atomic E-state index is 0.0529. The molecule has 1 aromatic heterocycles. The molecule has 3 aromatic rings. The number of hydrogen-bond donors (Lipinski definition) is 1. The largest absolute Gasteiger partial charge is 0.360 e. The van der Waals surface area contributed by atoms with Crippen LogP contribution >= 0.6 is 0 Å². The van der Waals surface area contributed by atoms with Crippen LogP contribution < -0.4 is 0 Å². The van der Waals surface area contributed by atoms with Gasteiger partial charge in [-0.05, 0) is 36.4 Å². The summed E-state index contributed by atoms with van der Waals surface area (Å²) < 4.78 is 26.2. The average molecular weight is 282 g/mol. The number of carbonyl (C=O) groups excluding carboxylic acids is 1. The topological polar surface area (TPSA) is 56.6 Å². The van der Waals surface area contributed by atoms with Gasteiger partial charge in [0.2, 0.25) is 0 Å². The lowest BCUT2D eigenvalue weighted by Crippen LogP contribution is -2.02. The lowest BCUT2D eigenvalue weighted by molar-refractivity contribution is 0.104. The zero-order valence-electron chi connectivity index (χ0n) is 10.7. The molecule has 0 aliphatic carbocycles. The molecule has 3 nitrogen and oxygen atoms in total. The number of H-pyrrole nitrogens is 1. The van der Waals surface area contributed by atoms with Crippen molar-refractivity contribution in [2.75, 3.05) is 0 Å². The molecule has 0 aliphatic rings. The smallest absolute Gasteiger partial charge is 0.195 e. The lowest BCUT2D eigenvalue weighted by atomic mass is 10.0. The number of ketones is 1. The Hall–Kier alpha value is -3.00. The van der Waals surface area contributed by atoms with Gasteiger partial charge < -0.3 is 4.98 Å². The first-order valence-corrected chi connectivity index (χ1v) is 6.11. The molecule has 0 amide bonds. The van der Waals surface area contributed by atoms with Crippen molar-refractivity contribution >= 4 is 16.7 Å². The van der Waals surface area contributed by atoms with Crippen molar-refractivity contribution < 1.29 is 13.6 Å². The van der Waals surface area contributed by atoms with Gasteiger partial charge >= 0.3 is 0 Å². The van der Waals surface area contributed by atoms with E-state index in [2.05, 4.69) is 4.98 Å². The van der Waals surface area contributed by atoms with E-state index >= 15 is 0 Å². The average Bonchev–Trinajstić information content (AvgIpc) is 2.92. The highest BCUT2D eigenvalue weighted by molar-refractivity contribution is 6.16. The molecular formula is C16H8F2N2O. The number of aromatic nitrogens is 1. The van der Waals surface area contributed by atoms with Crippen LogP contribution in [0.5, 0.6) is 0 Å². The van der Waals surface area contributed by atoms with Crippen LogP contribution in [0.4, 0.5) is 8.78 Å². The molecule has 0 atom stereocenters. The number of nitriles is 1. The standard InChI is InChI=1S/C16H8F2N2O/c17-13-3-2-10(6-14(13)18)16(21)12-8-20-15-4-1-9(7-19)5-11(12)15/h1-6,8,20H. The van der Waals surface area contributed by atoms with E-state index in [1.165, 1.54) is 12.3 Å². The van der Waals surface area contributed by atoms with Crippen LogP contribution in [0.25, 0.3) is 10.9 Å². The Morgan fingerprint density at radius 3 is 2.62 bits per heavy atom. The van der Waals surface area contributed by atoms with Crippen molar-refractivity contribution in [3.63, 3.8) is 0 Å². The molecule has 0 unspecified atom stereocenters. The fraction of sp³-hybridized carbons (Fsp3) is 0. The molecular weight excluding hydrogens is 274 g/mol. The van der Waals surface area contributed by atoms with Crippen molar-refractivity contribution in [3.05, 3.63) is 70.9 Å². The number of hydrogen-bond acceptors (Lipinski definition) is 2. The Bertz CT molecular complexity index is 906. The van der Waals surface area contributed by atoms with Crippen molar-refractivity contribution in [2.45, 2.75) is 0 Å². The van der Waals surface area contributed by atoms with Crippen LogP contribution in [-0.2, 0) is 0 Å². The Labute approximate surface area is 118 Å². The van der Waals surface area contributed by atoms with Crippen LogP contribution in [-0.4, -0.2) is 10.8 Å². The van der Waals surface area contributed by atoms with E-state index in [1.54, 1.807) is 18.2 Å². The van der Waals surface area contributed by atoms with Gasteiger partial charge in [0.1, 0.15) is 0 Å². The quantitative estimate of drug-likeness (QED) is 0.731. The van der Waals surface area contributed by atoms with Gasteiger partial charge in [0.05, 0.1) is 11.6 Å². The summed E-state index contributed by atoms with van der Waals surface area (Å²) in [5, 5.41) is 9.48. The van der Waals surface area contributed by atoms with Crippen LogP contribution in [0.2, 0.25) is 0 Å². The summed E-state index contributed by atoms with van der Waals surface area (Å²) in [6, 6.07) is 9.91. The first kappa shape index (κ1) is 13.0. The molecule has 3 rings (SSSR count). The van der Waals surface area contributed by atoms with E-state index in [-0.39, 0.29) is 5.56 Å². The molecule has 0 fully saturated rings. The highest BCUT2D eigenvalue weighted by Crippen LogP contribution is 2.23. The predicted molar refractivity (Wildman–Crippen MR) is 72.8 cm³/mol. The van der Waals surface area contributed by atoms with Crippen molar-refractivity contribution in [1.82, 2.24) is 4.98 Å². The van der Waals surface area contributed by atoms with Gasteiger partial charge in [0, 0.05) is 28.2 Å². The molecule has 0 spiro atoms. The van der Waals surface area contributed by atoms with Gasteiger partial charge in [-0.1, -0.05) is 0 Å². The summed E-state index contributed by atoms with van der Waals surface area (Å²) >= 11 is 0. The van der Waals surface area contributed by atoms with Gasteiger partial charge in [-0.15, -0.1) is 0 Å². The molecule has 0 aliphatic heterocycles. The second-order valence-electron chi connectivity index (χ2n) is 4.53. The molecule has 5 heteroatoms. The van der Waals surface area contributed by atoms with Crippen molar-refractivity contribution in [1.29, 1.82) is 5.26 Å². The third-order valence-electron chi connectivity index (χ3n) is 3.24. The number of aromatic amines is 1. The SMILES string of the molecule is N#Cc1ccc2[nH]cc(C(=O)c3ccc(F)c(F)c3)c2c1. The van der Waals surface area contributed by atoms with Crippen molar-refractivity contribution in [3.8, 4) is 6.07 Å². The van der Waals surface area contributed by atoms with Gasteiger partial charge in [-0.25, -0.2) is 8.78 Å². The molecule has 21 heavy (non-hydrogen) atoms. The second kappa shape index (κ2) is 4.84. The molecule has 0 radical (unpaired) electrons. The predicted octanol–water partition coefficient (Wildman–Crippen LogP) is 3.55. The number of nitrogens with zero attached hydrogens (tertiary/aromatic N) is 1. The van der Waals surface area contributed by atoms with Crippen molar-refractivity contribution in [2.24, 2.45) is 0 Å². The number of rotatable bonds is 2. The summed E-state index contributed by atoms with van der Waals surface area (Å²) in [7, 11) is 0. The lowest BCUT2D eigenvalue weighted by Gasteiger charge is -2.01. The highest BCUT2D eigenvalue weighted by Gasteiger charge is 2.16. The van der Waals surface area contributed by atoms with Gasteiger partial charge in [-0.2, -0.15) is 5.26 Å². The monoisotopic (exact) mass is 282 g/mol. The van der Waals surface area contributed by atoms with Gasteiger partial charge in [0.25, 0.3) is 0 Å². The summed E-state index contributed by atoms with van der Waals surface area (Å²) in [6.45, 7) is 0. The number of nitrogens with one attached hydrogen (secondary N) is 1. The Morgan fingerprint density at radius 2 is 1.90 bits per heavy atom. The van der Waals surface area contributed by atoms with E-state index in [9.17, 15) is 13.6 Å². The number of benzene rings is 2. The van der Waals surface area contributed by atoms with Crippen LogP contribution in [0.3, 0.4) is 0 Å². The molecule has 1 heterocycles. The maximum Gasteiger partial charge on any atom is 0.195 e. The summed E-state index contributed by atoms with van der Waals surface area (Å²) in [5.74, 6) is -2.51. The van der Waals surface area contributed by atoms with E-state index < -0.39 is 17.4 Å². The second-order valence-corrected chi connectivity index (χ2v) is 4.53. The summed E-state index contributed by atoms with van der Waals surface area (Å²) in [5.41, 5.74) is 1.48.